The normalized spacial score (nSPS) is 16.7. The van der Waals surface area contributed by atoms with Crippen LogP contribution < -0.4 is 14.8 Å². The van der Waals surface area contributed by atoms with Gasteiger partial charge in [-0.1, -0.05) is 29.8 Å². The van der Waals surface area contributed by atoms with E-state index >= 15 is 0 Å². The van der Waals surface area contributed by atoms with E-state index < -0.39 is 5.79 Å². The monoisotopic (exact) mass is 352 g/mol. The van der Waals surface area contributed by atoms with E-state index in [1.807, 2.05) is 30.3 Å². The van der Waals surface area contributed by atoms with E-state index in [-0.39, 0.29) is 6.03 Å². The summed E-state index contributed by atoms with van der Waals surface area (Å²) < 4.78 is 12.1. The Morgan fingerprint density at radius 1 is 1.08 bits per heavy atom. The largest absolute Gasteiger partial charge is 0.448 e. The lowest BCUT2D eigenvalue weighted by Gasteiger charge is -2.21. The molecule has 1 aliphatic carbocycles. The second-order valence-electron chi connectivity index (χ2n) is 7.26. The van der Waals surface area contributed by atoms with Crippen molar-refractivity contribution in [3.05, 3.63) is 53.6 Å². The van der Waals surface area contributed by atoms with Crippen LogP contribution >= 0.6 is 0 Å². The van der Waals surface area contributed by atoms with Gasteiger partial charge in [-0.3, -0.25) is 0 Å². The molecule has 1 spiro atoms. The summed E-state index contributed by atoms with van der Waals surface area (Å²) in [5.74, 6) is 0.997. The summed E-state index contributed by atoms with van der Waals surface area (Å²) in [6, 6.07) is 13.6. The number of anilines is 1. The lowest BCUT2D eigenvalue weighted by molar-refractivity contribution is -0.0716. The highest BCUT2D eigenvalue weighted by molar-refractivity contribution is 5.89. The van der Waals surface area contributed by atoms with Gasteiger partial charge in [0.05, 0.1) is 0 Å². The molecule has 0 atom stereocenters. The van der Waals surface area contributed by atoms with Gasteiger partial charge in [0.25, 0.3) is 5.79 Å². The Balaban J connectivity index is 1.40. The van der Waals surface area contributed by atoms with Gasteiger partial charge in [0.15, 0.2) is 11.5 Å². The molecule has 5 nitrogen and oxygen atoms in total. The lowest BCUT2D eigenvalue weighted by atomic mass is 10.1. The Hall–Kier alpha value is -2.69. The Labute approximate surface area is 153 Å². The molecule has 2 aliphatic rings. The number of rotatable bonds is 3. The first-order chi connectivity index (χ1) is 12.5. The second-order valence-corrected chi connectivity index (χ2v) is 7.26. The first kappa shape index (κ1) is 16.8. The van der Waals surface area contributed by atoms with Crippen LogP contribution in [0.4, 0.5) is 10.5 Å². The maximum Gasteiger partial charge on any atom is 0.321 e. The fourth-order valence-corrected chi connectivity index (χ4v) is 3.55. The first-order valence-corrected chi connectivity index (χ1v) is 9.13. The van der Waals surface area contributed by atoms with Crippen molar-refractivity contribution < 1.29 is 14.3 Å². The minimum Gasteiger partial charge on any atom is -0.448 e. The van der Waals surface area contributed by atoms with E-state index in [2.05, 4.69) is 24.4 Å². The summed E-state index contributed by atoms with van der Waals surface area (Å²) in [6.45, 7) is 2.61. The zero-order valence-electron chi connectivity index (χ0n) is 15.2. The van der Waals surface area contributed by atoms with E-state index in [9.17, 15) is 4.79 Å². The molecule has 0 unspecified atom stereocenters. The molecule has 1 heterocycles. The van der Waals surface area contributed by atoms with Crippen LogP contribution in [0.2, 0.25) is 0 Å². The fraction of sp³-hybridized carbons (Fsp3) is 0.381. The van der Waals surface area contributed by atoms with Crippen molar-refractivity contribution in [2.45, 2.75) is 44.9 Å². The fourth-order valence-electron chi connectivity index (χ4n) is 3.55. The van der Waals surface area contributed by atoms with Crippen molar-refractivity contribution in [1.82, 2.24) is 4.90 Å². The summed E-state index contributed by atoms with van der Waals surface area (Å²) in [6.07, 6.45) is 4.09. The molecule has 1 fully saturated rings. The maximum absolute atomic E-state index is 12.5. The number of carbonyl (C=O) groups is 1. The third kappa shape index (κ3) is 3.34. The number of nitrogens with one attached hydrogen (secondary N) is 1. The van der Waals surface area contributed by atoms with Gasteiger partial charge in [-0.25, -0.2) is 4.79 Å². The highest BCUT2D eigenvalue weighted by Gasteiger charge is 2.44. The standard InChI is InChI=1S/C21H24N2O3/c1-15-5-7-16(8-6-15)14-23(2)20(24)22-17-9-10-18-19(13-17)26-21(25-18)11-3-4-12-21/h5-10,13H,3-4,11-12,14H2,1-2H3,(H,22,24). The number of ether oxygens (including phenoxy) is 2. The molecule has 5 heteroatoms. The van der Waals surface area contributed by atoms with Gasteiger partial charge in [0.1, 0.15) is 0 Å². The third-order valence-electron chi connectivity index (χ3n) is 5.04. The van der Waals surface area contributed by atoms with Crippen molar-refractivity contribution in [2.75, 3.05) is 12.4 Å². The van der Waals surface area contributed by atoms with Crippen molar-refractivity contribution in [3.63, 3.8) is 0 Å². The average molecular weight is 352 g/mol. The van der Waals surface area contributed by atoms with Crippen LogP contribution in [-0.2, 0) is 6.54 Å². The number of benzene rings is 2. The summed E-state index contributed by atoms with van der Waals surface area (Å²) in [7, 11) is 1.79. The van der Waals surface area contributed by atoms with Crippen LogP contribution in [0, 0.1) is 6.92 Å². The zero-order chi connectivity index (χ0) is 18.1. The number of urea groups is 1. The molecule has 2 aromatic carbocycles. The average Bonchev–Trinajstić information content (AvgIpc) is 3.22. The minimum atomic E-state index is -0.479. The molecule has 1 N–H and O–H groups in total. The predicted molar refractivity (Wildman–Crippen MR) is 101 cm³/mol. The first-order valence-electron chi connectivity index (χ1n) is 9.13. The van der Waals surface area contributed by atoms with Crippen LogP contribution in [0.5, 0.6) is 11.5 Å². The summed E-state index contributed by atoms with van der Waals surface area (Å²) in [5.41, 5.74) is 3.02. The number of hydrogen-bond donors (Lipinski definition) is 1. The molecule has 0 radical (unpaired) electrons. The van der Waals surface area contributed by atoms with Crippen LogP contribution in [-0.4, -0.2) is 23.8 Å². The number of amides is 2. The molecule has 0 aromatic heterocycles. The highest BCUT2D eigenvalue weighted by atomic mass is 16.7. The van der Waals surface area contributed by atoms with E-state index in [4.69, 9.17) is 9.47 Å². The smallest absolute Gasteiger partial charge is 0.321 e. The Bertz CT molecular complexity index is 811. The van der Waals surface area contributed by atoms with Crippen molar-refractivity contribution in [1.29, 1.82) is 0 Å². The minimum absolute atomic E-state index is 0.153. The molecule has 26 heavy (non-hydrogen) atoms. The molecule has 2 aromatic rings. The van der Waals surface area contributed by atoms with Crippen LogP contribution in [0.1, 0.15) is 36.8 Å². The van der Waals surface area contributed by atoms with Crippen molar-refractivity contribution in [2.24, 2.45) is 0 Å². The Morgan fingerprint density at radius 3 is 2.50 bits per heavy atom. The molecular formula is C21H24N2O3. The molecule has 1 saturated carbocycles. The molecule has 0 saturated heterocycles. The number of carbonyl (C=O) groups excluding carboxylic acids is 1. The van der Waals surface area contributed by atoms with E-state index in [0.717, 1.165) is 37.0 Å². The maximum atomic E-state index is 12.5. The van der Waals surface area contributed by atoms with E-state index in [1.165, 1.54) is 5.56 Å². The number of aryl methyl sites for hydroxylation is 1. The van der Waals surface area contributed by atoms with Gasteiger partial charge < -0.3 is 19.7 Å². The Morgan fingerprint density at radius 2 is 1.77 bits per heavy atom. The molecular weight excluding hydrogens is 328 g/mol. The van der Waals surface area contributed by atoms with E-state index in [0.29, 0.717) is 18.0 Å². The quantitative estimate of drug-likeness (QED) is 0.871. The molecule has 1 aliphatic heterocycles. The molecule has 2 amide bonds. The van der Waals surface area contributed by atoms with Gasteiger partial charge in [-0.15, -0.1) is 0 Å². The van der Waals surface area contributed by atoms with Crippen molar-refractivity contribution >= 4 is 11.7 Å². The molecule has 0 bridgehead atoms. The SMILES string of the molecule is Cc1ccc(CN(C)C(=O)Nc2ccc3c(c2)OC2(CCCC2)O3)cc1. The number of hydrogen-bond acceptors (Lipinski definition) is 3. The van der Waals surface area contributed by atoms with Crippen molar-refractivity contribution in [3.8, 4) is 11.5 Å². The summed E-state index contributed by atoms with van der Waals surface area (Å²) in [4.78, 5) is 14.1. The second kappa shape index (κ2) is 6.56. The van der Waals surface area contributed by atoms with Crippen LogP contribution in [0.25, 0.3) is 0 Å². The van der Waals surface area contributed by atoms with Gasteiger partial charge in [0.2, 0.25) is 0 Å². The molecule has 4 rings (SSSR count). The number of fused-ring (bicyclic) bond motifs is 1. The van der Waals surface area contributed by atoms with Crippen LogP contribution in [0.3, 0.4) is 0 Å². The predicted octanol–water partition coefficient (Wildman–Crippen LogP) is 4.70. The van der Waals surface area contributed by atoms with Gasteiger partial charge in [0, 0.05) is 38.2 Å². The lowest BCUT2D eigenvalue weighted by Crippen LogP contribution is -2.34. The van der Waals surface area contributed by atoms with Gasteiger partial charge in [-0.05, 0) is 37.5 Å². The molecule has 136 valence electrons. The summed E-state index contributed by atoms with van der Waals surface area (Å²) >= 11 is 0. The van der Waals surface area contributed by atoms with Gasteiger partial charge in [-0.2, -0.15) is 0 Å². The third-order valence-corrected chi connectivity index (χ3v) is 5.04. The zero-order valence-corrected chi connectivity index (χ0v) is 15.2. The summed E-state index contributed by atoms with van der Waals surface area (Å²) in [5, 5.41) is 2.93. The van der Waals surface area contributed by atoms with E-state index in [1.54, 1.807) is 11.9 Å². The highest BCUT2D eigenvalue weighted by Crippen LogP contribution is 2.47. The topological polar surface area (TPSA) is 50.8 Å². The van der Waals surface area contributed by atoms with Gasteiger partial charge >= 0.3 is 6.03 Å². The Kier molecular flexibility index (Phi) is 4.23. The van der Waals surface area contributed by atoms with Crippen LogP contribution in [0.15, 0.2) is 42.5 Å². The number of nitrogens with zero attached hydrogens (tertiary/aromatic N) is 1.